The summed E-state index contributed by atoms with van der Waals surface area (Å²) in [6.45, 7) is 1.69. The zero-order valence-electron chi connectivity index (χ0n) is 15.1. The predicted molar refractivity (Wildman–Crippen MR) is 101 cm³/mol. The van der Waals surface area contributed by atoms with Crippen LogP contribution < -0.4 is 0 Å². The fraction of sp³-hybridized carbons (Fsp3) is 0.238. The van der Waals surface area contributed by atoms with E-state index in [0.717, 1.165) is 34.5 Å². The molecule has 0 spiro atoms. The Labute approximate surface area is 157 Å². The van der Waals surface area contributed by atoms with Crippen LogP contribution in [0.1, 0.15) is 27.2 Å². The quantitative estimate of drug-likeness (QED) is 0.716. The van der Waals surface area contributed by atoms with Crippen molar-refractivity contribution in [1.82, 2.24) is 19.9 Å². The summed E-state index contributed by atoms with van der Waals surface area (Å²) in [6.07, 6.45) is 5.84. The molecule has 27 heavy (non-hydrogen) atoms. The molecule has 0 radical (unpaired) electrons. The molecule has 1 aromatic carbocycles. The maximum atomic E-state index is 13.0. The number of aromatic nitrogens is 3. The lowest BCUT2D eigenvalue weighted by molar-refractivity contribution is 0.0733. The Morgan fingerprint density at radius 2 is 2.04 bits per heavy atom. The lowest BCUT2D eigenvalue weighted by atomic mass is 9.99. The number of benzene rings is 1. The normalized spacial score (nSPS) is 13.3. The van der Waals surface area contributed by atoms with E-state index in [4.69, 9.17) is 4.74 Å². The number of carbonyl (C=O) groups excluding carboxylic acids is 1. The maximum absolute atomic E-state index is 13.0. The van der Waals surface area contributed by atoms with Crippen molar-refractivity contribution in [2.24, 2.45) is 0 Å². The number of methoxy groups -OCH3 is 1. The van der Waals surface area contributed by atoms with Crippen LogP contribution >= 0.6 is 0 Å². The van der Waals surface area contributed by atoms with Gasteiger partial charge in [-0.2, -0.15) is 0 Å². The van der Waals surface area contributed by atoms with Crippen molar-refractivity contribution in [2.45, 2.75) is 19.6 Å². The van der Waals surface area contributed by atoms with E-state index in [1.165, 1.54) is 0 Å². The van der Waals surface area contributed by atoms with Gasteiger partial charge in [-0.05, 0) is 29.8 Å². The lowest BCUT2D eigenvalue weighted by Gasteiger charge is -2.29. The first-order valence-corrected chi connectivity index (χ1v) is 8.86. The summed E-state index contributed by atoms with van der Waals surface area (Å²) < 4.78 is 5.12. The van der Waals surface area contributed by atoms with Crippen molar-refractivity contribution < 1.29 is 9.53 Å². The van der Waals surface area contributed by atoms with Gasteiger partial charge >= 0.3 is 0 Å². The Bertz CT molecular complexity index is 942. The van der Waals surface area contributed by atoms with Crippen LogP contribution in [-0.4, -0.2) is 39.4 Å². The van der Waals surface area contributed by atoms with Crippen molar-refractivity contribution in [3.8, 4) is 11.3 Å². The lowest BCUT2D eigenvalue weighted by Crippen LogP contribution is -2.36. The molecule has 1 amide bonds. The first-order valence-electron chi connectivity index (χ1n) is 8.86. The zero-order chi connectivity index (χ0) is 18.6. The van der Waals surface area contributed by atoms with Crippen LogP contribution in [0.4, 0.5) is 0 Å². The minimum absolute atomic E-state index is 0.0191. The summed E-state index contributed by atoms with van der Waals surface area (Å²) in [5.74, 6) is 0.0191. The Balaban J connectivity index is 1.60. The average molecular weight is 360 g/mol. The molecular formula is C21H20N4O2. The maximum Gasteiger partial charge on any atom is 0.254 e. The van der Waals surface area contributed by atoms with Crippen LogP contribution in [0.2, 0.25) is 0 Å². The van der Waals surface area contributed by atoms with E-state index in [0.29, 0.717) is 25.3 Å². The highest BCUT2D eigenvalue weighted by atomic mass is 16.5. The molecule has 0 bridgehead atoms. The number of nitrogens with zero attached hydrogens (tertiary/aromatic N) is 4. The summed E-state index contributed by atoms with van der Waals surface area (Å²) in [6, 6.07) is 11.4. The van der Waals surface area contributed by atoms with E-state index in [-0.39, 0.29) is 5.91 Å². The van der Waals surface area contributed by atoms with Crippen LogP contribution in [0.25, 0.3) is 11.3 Å². The largest absolute Gasteiger partial charge is 0.380 e. The molecule has 3 aromatic rings. The standard InChI is InChI=1S/C21H20N4O2/c1-27-13-15-4-6-16(7-5-15)21(26)25-10-8-19-18(12-25)20(24-14-23-19)17-3-2-9-22-11-17/h2-7,9,11,14H,8,10,12-13H2,1H3. The average Bonchev–Trinajstić information content (AvgIpc) is 2.74. The van der Waals surface area contributed by atoms with E-state index in [2.05, 4.69) is 15.0 Å². The molecule has 0 fully saturated rings. The van der Waals surface area contributed by atoms with Crippen molar-refractivity contribution in [3.05, 3.63) is 77.5 Å². The van der Waals surface area contributed by atoms with E-state index in [1.807, 2.05) is 41.3 Å². The number of pyridine rings is 1. The zero-order valence-corrected chi connectivity index (χ0v) is 15.1. The van der Waals surface area contributed by atoms with Gasteiger partial charge in [-0.3, -0.25) is 9.78 Å². The SMILES string of the molecule is COCc1ccc(C(=O)N2CCc3ncnc(-c4cccnc4)c3C2)cc1. The van der Waals surface area contributed by atoms with Crippen LogP contribution in [0.3, 0.4) is 0 Å². The molecule has 6 nitrogen and oxygen atoms in total. The molecule has 6 heteroatoms. The van der Waals surface area contributed by atoms with Gasteiger partial charge in [0.1, 0.15) is 6.33 Å². The molecule has 0 saturated carbocycles. The molecular weight excluding hydrogens is 340 g/mol. The molecule has 1 aliphatic heterocycles. The third-order valence-electron chi connectivity index (χ3n) is 4.74. The first kappa shape index (κ1) is 17.3. The minimum atomic E-state index is 0.0191. The van der Waals surface area contributed by atoms with Crippen molar-refractivity contribution in [3.63, 3.8) is 0 Å². The van der Waals surface area contributed by atoms with Crippen molar-refractivity contribution in [1.29, 1.82) is 0 Å². The molecule has 3 heterocycles. The molecule has 136 valence electrons. The number of carbonyl (C=O) groups is 1. The van der Waals surface area contributed by atoms with Crippen molar-refractivity contribution in [2.75, 3.05) is 13.7 Å². The molecule has 0 saturated heterocycles. The van der Waals surface area contributed by atoms with Crippen LogP contribution in [0.5, 0.6) is 0 Å². The highest BCUT2D eigenvalue weighted by molar-refractivity contribution is 5.94. The van der Waals surface area contributed by atoms with E-state index in [1.54, 1.807) is 25.8 Å². The number of amides is 1. The summed E-state index contributed by atoms with van der Waals surface area (Å²) in [7, 11) is 1.66. The minimum Gasteiger partial charge on any atom is -0.380 e. The van der Waals surface area contributed by atoms with Gasteiger partial charge in [-0.25, -0.2) is 9.97 Å². The third-order valence-corrected chi connectivity index (χ3v) is 4.74. The highest BCUT2D eigenvalue weighted by Crippen LogP contribution is 2.27. The number of ether oxygens (including phenoxy) is 1. The number of hydrogen-bond acceptors (Lipinski definition) is 5. The molecule has 2 aromatic heterocycles. The van der Waals surface area contributed by atoms with Gasteiger partial charge in [0.2, 0.25) is 0 Å². The first-order chi connectivity index (χ1) is 13.3. The molecule has 0 N–H and O–H groups in total. The Morgan fingerprint density at radius 3 is 2.78 bits per heavy atom. The smallest absolute Gasteiger partial charge is 0.254 e. The van der Waals surface area contributed by atoms with Gasteiger partial charge in [0.05, 0.1) is 18.0 Å². The summed E-state index contributed by atoms with van der Waals surface area (Å²) in [4.78, 5) is 27.9. The van der Waals surface area contributed by atoms with E-state index >= 15 is 0 Å². The van der Waals surface area contributed by atoms with Crippen LogP contribution in [0.15, 0.2) is 55.1 Å². The Morgan fingerprint density at radius 1 is 1.19 bits per heavy atom. The summed E-state index contributed by atoms with van der Waals surface area (Å²) in [5, 5.41) is 0. The third kappa shape index (κ3) is 3.57. The molecule has 4 rings (SSSR count). The Hall–Kier alpha value is -3.12. The summed E-state index contributed by atoms with van der Waals surface area (Å²) in [5.41, 5.74) is 5.52. The number of rotatable bonds is 4. The van der Waals surface area contributed by atoms with Gasteiger partial charge in [0.25, 0.3) is 5.91 Å². The Kier molecular flexibility index (Phi) is 4.89. The predicted octanol–water partition coefficient (Wildman–Crippen LogP) is 2.88. The molecule has 0 aliphatic carbocycles. The van der Waals surface area contributed by atoms with Crippen molar-refractivity contribution >= 4 is 5.91 Å². The second-order valence-electron chi connectivity index (χ2n) is 6.50. The second kappa shape index (κ2) is 7.63. The molecule has 1 aliphatic rings. The van der Waals surface area contributed by atoms with Gasteiger partial charge in [-0.15, -0.1) is 0 Å². The molecule has 0 unspecified atom stereocenters. The van der Waals surface area contributed by atoms with E-state index < -0.39 is 0 Å². The number of hydrogen-bond donors (Lipinski definition) is 0. The van der Waals surface area contributed by atoms with Crippen LogP contribution in [-0.2, 0) is 24.3 Å². The van der Waals surface area contributed by atoms with Gasteiger partial charge < -0.3 is 9.64 Å². The number of fused-ring (bicyclic) bond motifs is 1. The highest BCUT2D eigenvalue weighted by Gasteiger charge is 2.25. The fourth-order valence-electron chi connectivity index (χ4n) is 3.36. The van der Waals surface area contributed by atoms with Gasteiger partial charge in [0, 0.05) is 55.7 Å². The topological polar surface area (TPSA) is 68.2 Å². The summed E-state index contributed by atoms with van der Waals surface area (Å²) >= 11 is 0. The fourth-order valence-corrected chi connectivity index (χ4v) is 3.36. The molecule has 0 atom stereocenters. The second-order valence-corrected chi connectivity index (χ2v) is 6.50. The monoisotopic (exact) mass is 360 g/mol. The van der Waals surface area contributed by atoms with Crippen LogP contribution in [0, 0.1) is 0 Å². The van der Waals surface area contributed by atoms with E-state index in [9.17, 15) is 4.79 Å². The van der Waals surface area contributed by atoms with Gasteiger partial charge in [-0.1, -0.05) is 12.1 Å². The van der Waals surface area contributed by atoms with Gasteiger partial charge in [0.15, 0.2) is 0 Å².